The van der Waals surface area contributed by atoms with Crippen LogP contribution in [0, 0.1) is 16.0 Å². The third-order valence-corrected chi connectivity index (χ3v) is 6.41. The van der Waals surface area contributed by atoms with E-state index in [9.17, 15) is 19.7 Å². The zero-order valence-corrected chi connectivity index (χ0v) is 19.7. The fraction of sp³-hybridized carbons (Fsp3) is 0.259. The van der Waals surface area contributed by atoms with E-state index in [1.165, 1.54) is 17.2 Å². The molecule has 2 heterocycles. The Hall–Kier alpha value is -4.24. The average molecular weight is 488 g/mol. The molecule has 0 bridgehead atoms. The van der Waals surface area contributed by atoms with Crippen LogP contribution in [0.3, 0.4) is 0 Å². The monoisotopic (exact) mass is 487 g/mol. The minimum Gasteiger partial charge on any atom is -0.494 e. The summed E-state index contributed by atoms with van der Waals surface area (Å²) in [6.07, 6.45) is 0.897. The van der Waals surface area contributed by atoms with Crippen molar-refractivity contribution in [1.82, 2.24) is 0 Å². The SMILES string of the molecule is CCCCOc1ccc(N2C(=O)[C@H]3[C@H](ON(c4ccccc4)[C@@H]3c3cccc([N+](=O)[O-])c3)C2=O)cc1. The van der Waals surface area contributed by atoms with Crippen molar-refractivity contribution in [1.29, 1.82) is 0 Å². The van der Waals surface area contributed by atoms with Crippen LogP contribution in [0.15, 0.2) is 78.9 Å². The van der Waals surface area contributed by atoms with Crippen molar-refractivity contribution in [2.75, 3.05) is 16.6 Å². The number of hydrogen-bond donors (Lipinski definition) is 0. The number of amides is 2. The van der Waals surface area contributed by atoms with E-state index in [4.69, 9.17) is 9.57 Å². The first-order chi connectivity index (χ1) is 17.5. The second-order valence-corrected chi connectivity index (χ2v) is 8.72. The Morgan fingerprint density at radius 2 is 1.69 bits per heavy atom. The number of rotatable bonds is 8. The van der Waals surface area contributed by atoms with Gasteiger partial charge in [0.1, 0.15) is 11.7 Å². The van der Waals surface area contributed by atoms with Gasteiger partial charge in [-0.1, -0.05) is 43.7 Å². The van der Waals surface area contributed by atoms with Gasteiger partial charge in [-0.3, -0.25) is 24.5 Å². The molecule has 0 unspecified atom stereocenters. The maximum atomic E-state index is 13.7. The van der Waals surface area contributed by atoms with Gasteiger partial charge in [-0.05, 0) is 48.4 Å². The molecule has 3 atom stereocenters. The van der Waals surface area contributed by atoms with Crippen LogP contribution in [-0.4, -0.2) is 29.4 Å². The van der Waals surface area contributed by atoms with E-state index in [2.05, 4.69) is 6.92 Å². The summed E-state index contributed by atoms with van der Waals surface area (Å²) in [6, 6.07) is 21.3. The summed E-state index contributed by atoms with van der Waals surface area (Å²) in [5, 5.41) is 13.0. The van der Waals surface area contributed by atoms with Crippen LogP contribution >= 0.6 is 0 Å². The number of hydroxylamine groups is 1. The van der Waals surface area contributed by atoms with E-state index in [1.807, 2.05) is 18.2 Å². The van der Waals surface area contributed by atoms with Crippen LogP contribution in [0.5, 0.6) is 5.75 Å². The van der Waals surface area contributed by atoms with E-state index < -0.39 is 34.8 Å². The van der Waals surface area contributed by atoms with Gasteiger partial charge in [0, 0.05) is 12.1 Å². The molecule has 9 heteroatoms. The van der Waals surface area contributed by atoms with Crippen LogP contribution in [0.1, 0.15) is 31.4 Å². The molecule has 2 amide bonds. The van der Waals surface area contributed by atoms with E-state index in [-0.39, 0.29) is 5.69 Å². The number of nitro groups is 1. The molecule has 2 aliphatic heterocycles. The molecule has 2 saturated heterocycles. The summed E-state index contributed by atoms with van der Waals surface area (Å²) in [6.45, 7) is 2.67. The summed E-state index contributed by atoms with van der Waals surface area (Å²) in [7, 11) is 0. The number of ether oxygens (including phenoxy) is 1. The van der Waals surface area contributed by atoms with E-state index >= 15 is 0 Å². The van der Waals surface area contributed by atoms with Gasteiger partial charge in [0.05, 0.1) is 28.9 Å². The topological polar surface area (TPSA) is 102 Å². The molecule has 0 spiro atoms. The summed E-state index contributed by atoms with van der Waals surface area (Å²) in [5.74, 6) is -1.11. The summed E-state index contributed by atoms with van der Waals surface area (Å²) in [4.78, 5) is 45.3. The molecule has 2 fully saturated rings. The second kappa shape index (κ2) is 9.79. The van der Waals surface area contributed by atoms with Crippen molar-refractivity contribution in [2.45, 2.75) is 31.9 Å². The Morgan fingerprint density at radius 3 is 2.39 bits per heavy atom. The molecule has 36 heavy (non-hydrogen) atoms. The Bertz CT molecular complexity index is 1280. The molecule has 5 rings (SSSR count). The number of nitro benzene ring substituents is 1. The molecule has 0 N–H and O–H groups in total. The maximum absolute atomic E-state index is 13.7. The van der Waals surface area contributed by atoms with E-state index in [0.29, 0.717) is 29.3 Å². The van der Waals surface area contributed by atoms with Crippen molar-refractivity contribution < 1.29 is 24.1 Å². The first kappa shape index (κ1) is 23.5. The zero-order chi connectivity index (χ0) is 25.2. The number of unbranched alkanes of at least 4 members (excludes halogenated alkanes) is 1. The number of para-hydroxylation sites is 1. The highest BCUT2D eigenvalue weighted by atomic mass is 16.7. The molecule has 0 radical (unpaired) electrons. The lowest BCUT2D eigenvalue weighted by molar-refractivity contribution is -0.384. The van der Waals surface area contributed by atoms with E-state index in [0.717, 1.165) is 17.7 Å². The van der Waals surface area contributed by atoms with Crippen LogP contribution in [-0.2, 0) is 14.4 Å². The molecule has 2 aliphatic rings. The van der Waals surface area contributed by atoms with Gasteiger partial charge in [0.15, 0.2) is 6.10 Å². The van der Waals surface area contributed by atoms with Crippen molar-refractivity contribution >= 4 is 28.9 Å². The lowest BCUT2D eigenvalue weighted by Crippen LogP contribution is -2.37. The smallest absolute Gasteiger partial charge is 0.269 e. The molecule has 3 aromatic carbocycles. The number of carbonyl (C=O) groups excluding carboxylic acids is 2. The van der Waals surface area contributed by atoms with Crippen LogP contribution in [0.2, 0.25) is 0 Å². The Balaban J connectivity index is 1.49. The van der Waals surface area contributed by atoms with Gasteiger partial charge < -0.3 is 4.74 Å². The number of fused-ring (bicyclic) bond motifs is 1. The van der Waals surface area contributed by atoms with Crippen molar-refractivity contribution in [3.8, 4) is 5.75 Å². The summed E-state index contributed by atoms with van der Waals surface area (Å²) >= 11 is 0. The third-order valence-electron chi connectivity index (χ3n) is 6.41. The van der Waals surface area contributed by atoms with E-state index in [1.54, 1.807) is 48.5 Å². The van der Waals surface area contributed by atoms with Gasteiger partial charge in [0.25, 0.3) is 11.6 Å². The molecule has 0 aliphatic carbocycles. The quantitative estimate of drug-likeness (QED) is 0.194. The number of imide groups is 1. The second-order valence-electron chi connectivity index (χ2n) is 8.72. The molecule has 9 nitrogen and oxygen atoms in total. The van der Waals surface area contributed by atoms with Crippen molar-refractivity contribution in [2.24, 2.45) is 5.92 Å². The lowest BCUT2D eigenvalue weighted by Gasteiger charge is -2.28. The minimum absolute atomic E-state index is 0.101. The highest BCUT2D eigenvalue weighted by molar-refractivity contribution is 6.23. The minimum atomic E-state index is -1.05. The third kappa shape index (κ3) is 4.18. The molecular weight excluding hydrogens is 462 g/mol. The summed E-state index contributed by atoms with van der Waals surface area (Å²) in [5.41, 5.74) is 1.48. The first-order valence-electron chi connectivity index (χ1n) is 11.9. The van der Waals surface area contributed by atoms with Crippen LogP contribution < -0.4 is 14.7 Å². The predicted molar refractivity (Wildman–Crippen MR) is 132 cm³/mol. The standard InChI is InChI=1S/C27H25N3O6/c1-2-3-16-35-22-14-12-19(13-15-22)28-26(31)23-24(18-8-7-11-21(17-18)30(33)34)29(36-25(23)27(28)32)20-9-5-4-6-10-20/h4-15,17,23-25H,2-3,16H2,1H3/t23-,24-,25+/m1/s1. The zero-order valence-electron chi connectivity index (χ0n) is 19.7. The predicted octanol–water partition coefficient (Wildman–Crippen LogP) is 4.82. The largest absolute Gasteiger partial charge is 0.494 e. The van der Waals surface area contributed by atoms with Crippen molar-refractivity contribution in [3.05, 3.63) is 94.5 Å². The van der Waals surface area contributed by atoms with Crippen LogP contribution in [0.25, 0.3) is 0 Å². The van der Waals surface area contributed by atoms with Gasteiger partial charge in [-0.25, -0.2) is 9.96 Å². The number of benzene rings is 3. The highest BCUT2D eigenvalue weighted by Gasteiger charge is 2.60. The number of hydrogen-bond acceptors (Lipinski definition) is 7. The Labute approximate surface area is 207 Å². The average Bonchev–Trinajstić information content (AvgIpc) is 3.41. The van der Waals surface area contributed by atoms with Gasteiger partial charge >= 0.3 is 0 Å². The van der Waals surface area contributed by atoms with Gasteiger partial charge in [-0.2, -0.15) is 0 Å². The molecule has 3 aromatic rings. The number of nitrogens with zero attached hydrogens (tertiary/aromatic N) is 3. The fourth-order valence-corrected chi connectivity index (χ4v) is 4.65. The lowest BCUT2D eigenvalue weighted by atomic mass is 9.90. The van der Waals surface area contributed by atoms with Gasteiger partial charge in [-0.15, -0.1) is 0 Å². The molecule has 184 valence electrons. The molecule has 0 aromatic heterocycles. The summed E-state index contributed by atoms with van der Waals surface area (Å²) < 4.78 is 5.69. The fourth-order valence-electron chi connectivity index (χ4n) is 4.65. The number of non-ortho nitro benzene ring substituents is 1. The highest BCUT2D eigenvalue weighted by Crippen LogP contribution is 2.48. The maximum Gasteiger partial charge on any atom is 0.269 e. The first-order valence-corrected chi connectivity index (χ1v) is 11.9. The normalized spacial score (nSPS) is 21.1. The number of carbonyl (C=O) groups is 2. The van der Waals surface area contributed by atoms with Gasteiger partial charge in [0.2, 0.25) is 5.91 Å². The molecule has 0 saturated carbocycles. The Kier molecular flexibility index (Phi) is 6.39. The van der Waals surface area contributed by atoms with Crippen molar-refractivity contribution in [3.63, 3.8) is 0 Å². The van der Waals surface area contributed by atoms with Crippen LogP contribution in [0.4, 0.5) is 17.1 Å². The molecular formula is C27H25N3O6. The number of anilines is 2. The Morgan fingerprint density at radius 1 is 0.944 bits per heavy atom.